The number of hydrogen-bond donors (Lipinski definition) is 1. The molecule has 0 aliphatic rings. The van der Waals surface area contributed by atoms with Crippen LogP contribution in [0.5, 0.6) is 0 Å². The van der Waals surface area contributed by atoms with Gasteiger partial charge in [0.15, 0.2) is 5.69 Å². The lowest BCUT2D eigenvalue weighted by Gasteiger charge is -2.13. The zero-order valence-corrected chi connectivity index (χ0v) is 13.0. The second-order valence-electron chi connectivity index (χ2n) is 5.57. The van der Waals surface area contributed by atoms with Crippen LogP contribution in [0.1, 0.15) is 24.3 Å². The summed E-state index contributed by atoms with van der Waals surface area (Å²) in [6, 6.07) is 16.5. The third kappa shape index (κ3) is 2.85. The second kappa shape index (κ2) is 6.04. The Labute approximate surface area is 133 Å². The molecule has 5 nitrogen and oxygen atoms in total. The van der Waals surface area contributed by atoms with Gasteiger partial charge in [-0.15, -0.1) is 0 Å². The fraction of sp³-hybridized carbons (Fsp3) is 0.167. The zero-order chi connectivity index (χ0) is 16.4. The molecule has 0 saturated heterocycles. The molecule has 3 rings (SSSR count). The molecule has 0 spiro atoms. The average molecular weight is 307 g/mol. The Balaban J connectivity index is 2.29. The number of benzene rings is 2. The van der Waals surface area contributed by atoms with E-state index in [2.05, 4.69) is 10.4 Å². The molecule has 1 heterocycles. The highest BCUT2D eigenvalue weighted by atomic mass is 16.2. The van der Waals surface area contributed by atoms with Crippen LogP contribution in [0.3, 0.4) is 0 Å². The smallest absolute Gasteiger partial charge is 0.276 e. The van der Waals surface area contributed by atoms with Crippen molar-refractivity contribution in [2.45, 2.75) is 19.9 Å². The Morgan fingerprint density at radius 3 is 2.39 bits per heavy atom. The van der Waals surface area contributed by atoms with Crippen LogP contribution >= 0.6 is 0 Å². The van der Waals surface area contributed by atoms with Gasteiger partial charge in [0.25, 0.3) is 5.91 Å². The molecule has 0 fully saturated rings. The highest BCUT2D eigenvalue weighted by Gasteiger charge is 2.18. The molecular weight excluding hydrogens is 290 g/mol. The minimum Gasteiger partial charge on any atom is -0.348 e. The zero-order valence-electron chi connectivity index (χ0n) is 13.0. The molecular formula is C18H17N3O2. The van der Waals surface area contributed by atoms with E-state index in [4.69, 9.17) is 0 Å². The van der Waals surface area contributed by atoms with Crippen LogP contribution in [0, 0.1) is 0 Å². The molecule has 0 atom stereocenters. The first-order valence-electron chi connectivity index (χ1n) is 7.46. The van der Waals surface area contributed by atoms with Crippen molar-refractivity contribution in [2.24, 2.45) is 0 Å². The number of aromatic nitrogens is 2. The summed E-state index contributed by atoms with van der Waals surface area (Å²) in [5.74, 6) is -0.458. The normalized spacial score (nSPS) is 10.9. The number of fused-ring (bicyclic) bond motifs is 1. The molecule has 0 unspecified atom stereocenters. The maximum atomic E-state index is 12.6. The molecule has 116 valence electrons. The van der Waals surface area contributed by atoms with Gasteiger partial charge in [-0.1, -0.05) is 30.3 Å². The van der Waals surface area contributed by atoms with E-state index in [1.807, 2.05) is 56.3 Å². The summed E-state index contributed by atoms with van der Waals surface area (Å²) in [4.78, 5) is 24.9. The Hall–Kier alpha value is -2.95. The predicted octanol–water partition coefficient (Wildman–Crippen LogP) is 2.52. The lowest BCUT2D eigenvalue weighted by atomic mass is 10.2. The monoisotopic (exact) mass is 307 g/mol. The molecule has 3 aromatic rings. The molecule has 0 bridgehead atoms. The SMILES string of the molecule is CC(C)NC(=O)c1nn(-c2ccccc2)c2ccccc2c1=O. The number of carbonyl (C=O) groups excluding carboxylic acids is 1. The molecule has 0 aliphatic heterocycles. The van der Waals surface area contributed by atoms with E-state index in [9.17, 15) is 9.59 Å². The molecule has 5 heteroatoms. The summed E-state index contributed by atoms with van der Waals surface area (Å²) in [6.07, 6.45) is 0. The van der Waals surface area contributed by atoms with Gasteiger partial charge in [-0.25, -0.2) is 4.68 Å². The largest absolute Gasteiger partial charge is 0.348 e. The van der Waals surface area contributed by atoms with E-state index in [0.29, 0.717) is 10.9 Å². The Morgan fingerprint density at radius 2 is 1.70 bits per heavy atom. The summed E-state index contributed by atoms with van der Waals surface area (Å²) in [5, 5.41) is 7.52. The maximum Gasteiger partial charge on any atom is 0.276 e. The molecule has 0 saturated carbocycles. The molecule has 0 aliphatic carbocycles. The minimum atomic E-state index is -0.458. The average Bonchev–Trinajstić information content (AvgIpc) is 2.55. The van der Waals surface area contributed by atoms with Crippen molar-refractivity contribution in [3.63, 3.8) is 0 Å². The van der Waals surface area contributed by atoms with Crippen molar-refractivity contribution in [2.75, 3.05) is 0 Å². The van der Waals surface area contributed by atoms with E-state index in [1.54, 1.807) is 16.8 Å². The third-order valence-electron chi connectivity index (χ3n) is 3.43. The topological polar surface area (TPSA) is 64.0 Å². The van der Waals surface area contributed by atoms with Crippen molar-refractivity contribution >= 4 is 16.8 Å². The maximum absolute atomic E-state index is 12.6. The van der Waals surface area contributed by atoms with Crippen molar-refractivity contribution in [3.8, 4) is 5.69 Å². The van der Waals surface area contributed by atoms with E-state index >= 15 is 0 Å². The van der Waals surface area contributed by atoms with Crippen molar-refractivity contribution in [1.82, 2.24) is 15.1 Å². The Morgan fingerprint density at radius 1 is 1.04 bits per heavy atom. The summed E-state index contributed by atoms with van der Waals surface area (Å²) in [5.41, 5.74) is 1.01. The number of amides is 1. The fourth-order valence-corrected chi connectivity index (χ4v) is 2.42. The number of hydrogen-bond acceptors (Lipinski definition) is 3. The van der Waals surface area contributed by atoms with Gasteiger partial charge in [0, 0.05) is 6.04 Å². The standard InChI is InChI=1S/C18H17N3O2/c1-12(2)19-18(23)16-17(22)14-10-6-7-11-15(14)21(20-16)13-8-4-3-5-9-13/h3-12H,1-2H3,(H,19,23). The number of rotatable bonds is 3. The van der Waals surface area contributed by atoms with Gasteiger partial charge in [0.1, 0.15) is 0 Å². The Kier molecular flexibility index (Phi) is 3.93. The van der Waals surface area contributed by atoms with Gasteiger partial charge in [-0.3, -0.25) is 9.59 Å². The van der Waals surface area contributed by atoms with Gasteiger partial charge in [-0.05, 0) is 38.1 Å². The molecule has 1 N–H and O–H groups in total. The lowest BCUT2D eigenvalue weighted by molar-refractivity contribution is 0.0935. The molecule has 2 aromatic carbocycles. The van der Waals surface area contributed by atoms with Crippen LogP contribution in [-0.4, -0.2) is 21.7 Å². The molecule has 1 aromatic heterocycles. The van der Waals surface area contributed by atoms with E-state index in [0.717, 1.165) is 5.69 Å². The van der Waals surface area contributed by atoms with Crippen LogP contribution in [0.25, 0.3) is 16.6 Å². The number of carbonyl (C=O) groups is 1. The van der Waals surface area contributed by atoms with Crippen LogP contribution in [-0.2, 0) is 0 Å². The first kappa shape index (κ1) is 15.0. The van der Waals surface area contributed by atoms with Crippen molar-refractivity contribution < 1.29 is 4.79 Å². The van der Waals surface area contributed by atoms with Crippen LogP contribution < -0.4 is 10.7 Å². The molecule has 23 heavy (non-hydrogen) atoms. The summed E-state index contributed by atoms with van der Waals surface area (Å²) in [7, 11) is 0. The van der Waals surface area contributed by atoms with Gasteiger partial charge < -0.3 is 5.32 Å². The van der Waals surface area contributed by atoms with Crippen molar-refractivity contribution in [3.05, 3.63) is 70.5 Å². The van der Waals surface area contributed by atoms with E-state index in [1.165, 1.54) is 0 Å². The van der Waals surface area contributed by atoms with Gasteiger partial charge in [0.05, 0.1) is 16.6 Å². The highest BCUT2D eigenvalue weighted by molar-refractivity contribution is 5.95. The second-order valence-corrected chi connectivity index (χ2v) is 5.57. The number of nitrogens with zero attached hydrogens (tertiary/aromatic N) is 2. The van der Waals surface area contributed by atoms with Gasteiger partial charge in [-0.2, -0.15) is 5.10 Å². The van der Waals surface area contributed by atoms with Crippen LogP contribution in [0.4, 0.5) is 0 Å². The Bertz CT molecular complexity index is 914. The van der Waals surface area contributed by atoms with E-state index < -0.39 is 5.91 Å². The van der Waals surface area contributed by atoms with E-state index in [-0.39, 0.29) is 17.2 Å². The number of nitrogens with one attached hydrogen (secondary N) is 1. The fourth-order valence-electron chi connectivity index (χ4n) is 2.42. The quantitative estimate of drug-likeness (QED) is 0.808. The first-order valence-corrected chi connectivity index (χ1v) is 7.46. The summed E-state index contributed by atoms with van der Waals surface area (Å²) >= 11 is 0. The van der Waals surface area contributed by atoms with Crippen LogP contribution in [0.2, 0.25) is 0 Å². The van der Waals surface area contributed by atoms with Crippen LogP contribution in [0.15, 0.2) is 59.4 Å². The minimum absolute atomic E-state index is 0.0691. The van der Waals surface area contributed by atoms with Gasteiger partial charge >= 0.3 is 0 Å². The lowest BCUT2D eigenvalue weighted by Crippen LogP contribution is -2.35. The summed E-state index contributed by atoms with van der Waals surface area (Å²) in [6.45, 7) is 3.68. The number of para-hydroxylation sites is 2. The highest BCUT2D eigenvalue weighted by Crippen LogP contribution is 2.15. The predicted molar refractivity (Wildman–Crippen MR) is 89.9 cm³/mol. The summed E-state index contributed by atoms with van der Waals surface area (Å²) < 4.78 is 1.63. The molecule has 1 amide bonds. The third-order valence-corrected chi connectivity index (χ3v) is 3.43. The molecule has 0 radical (unpaired) electrons. The first-order chi connectivity index (χ1) is 11.1. The van der Waals surface area contributed by atoms with Crippen molar-refractivity contribution in [1.29, 1.82) is 0 Å². The van der Waals surface area contributed by atoms with Gasteiger partial charge in [0.2, 0.25) is 5.43 Å².